The Bertz CT molecular complexity index is 670. The monoisotopic (exact) mass is 329 g/mol. The summed E-state index contributed by atoms with van der Waals surface area (Å²) in [6.45, 7) is 2.11. The fourth-order valence-electron chi connectivity index (χ4n) is 2.69. The van der Waals surface area contributed by atoms with Crippen LogP contribution in [-0.2, 0) is 11.2 Å². The first-order chi connectivity index (χ1) is 11.2. The van der Waals surface area contributed by atoms with Crippen LogP contribution in [0.4, 0.5) is 5.69 Å². The van der Waals surface area contributed by atoms with Crippen LogP contribution in [0.2, 0.25) is 5.02 Å². The van der Waals surface area contributed by atoms with E-state index in [2.05, 4.69) is 23.1 Å². The number of hydrogen-bond donors (Lipinski definition) is 3. The second-order valence-corrected chi connectivity index (χ2v) is 6.16. The van der Waals surface area contributed by atoms with Crippen LogP contribution in [0.3, 0.4) is 0 Å². The van der Waals surface area contributed by atoms with Crippen molar-refractivity contribution in [2.75, 3.05) is 5.32 Å². The highest BCUT2D eigenvalue weighted by Gasteiger charge is 2.30. The van der Waals surface area contributed by atoms with Crippen molar-refractivity contribution in [3.8, 4) is 0 Å². The summed E-state index contributed by atoms with van der Waals surface area (Å²) in [7, 11) is 0. The molecule has 0 aliphatic carbocycles. The van der Waals surface area contributed by atoms with E-state index in [1.165, 1.54) is 5.56 Å². The smallest absolute Gasteiger partial charge is 0.242 e. The van der Waals surface area contributed by atoms with Gasteiger partial charge in [-0.1, -0.05) is 42.8 Å². The Balaban J connectivity index is 1.59. The van der Waals surface area contributed by atoms with E-state index in [9.17, 15) is 4.79 Å². The lowest BCUT2D eigenvalue weighted by atomic mass is 10.0. The molecule has 1 saturated heterocycles. The van der Waals surface area contributed by atoms with Gasteiger partial charge in [0, 0.05) is 16.8 Å². The topological polar surface area (TPSA) is 53.2 Å². The quantitative estimate of drug-likeness (QED) is 0.805. The molecule has 0 spiro atoms. The minimum Gasteiger partial charge on any atom is -0.325 e. The fourth-order valence-corrected chi connectivity index (χ4v) is 2.82. The highest BCUT2D eigenvalue weighted by Crippen LogP contribution is 2.24. The standard InChI is InChI=1S/C18H20ClN3O/c1-2-12-3-9-15(10-4-12)20-18(23)17-11-16(21-22-17)13-5-7-14(19)8-6-13/h3-10,16-17,21-22H,2,11H2,1H3,(H,20,23). The van der Waals surface area contributed by atoms with Crippen LogP contribution in [0.15, 0.2) is 48.5 Å². The van der Waals surface area contributed by atoms with Gasteiger partial charge < -0.3 is 5.32 Å². The first kappa shape index (κ1) is 16.0. The summed E-state index contributed by atoms with van der Waals surface area (Å²) in [4.78, 5) is 12.4. The second kappa shape index (κ2) is 7.13. The summed E-state index contributed by atoms with van der Waals surface area (Å²) in [6.07, 6.45) is 1.69. The van der Waals surface area contributed by atoms with Crippen LogP contribution in [-0.4, -0.2) is 11.9 Å². The van der Waals surface area contributed by atoms with E-state index < -0.39 is 0 Å². The first-order valence-electron chi connectivity index (χ1n) is 7.82. The van der Waals surface area contributed by atoms with Gasteiger partial charge in [-0.05, 0) is 48.2 Å². The number of rotatable bonds is 4. The number of amides is 1. The molecule has 0 bridgehead atoms. The number of hydrazine groups is 1. The summed E-state index contributed by atoms with van der Waals surface area (Å²) < 4.78 is 0. The number of aryl methyl sites for hydroxylation is 1. The summed E-state index contributed by atoms with van der Waals surface area (Å²) >= 11 is 5.91. The molecule has 23 heavy (non-hydrogen) atoms. The minimum absolute atomic E-state index is 0.0294. The second-order valence-electron chi connectivity index (χ2n) is 5.72. The molecule has 3 rings (SSSR count). The molecule has 1 aliphatic heterocycles. The first-order valence-corrected chi connectivity index (χ1v) is 8.20. The molecule has 2 aromatic carbocycles. The Hall–Kier alpha value is -1.88. The maximum Gasteiger partial charge on any atom is 0.242 e. The van der Waals surface area contributed by atoms with Crippen molar-refractivity contribution in [2.45, 2.75) is 31.8 Å². The molecule has 120 valence electrons. The van der Waals surface area contributed by atoms with Gasteiger partial charge in [0.05, 0.1) is 0 Å². The van der Waals surface area contributed by atoms with E-state index in [1.54, 1.807) is 0 Å². The van der Waals surface area contributed by atoms with Gasteiger partial charge in [-0.25, -0.2) is 10.9 Å². The van der Waals surface area contributed by atoms with Crippen molar-refractivity contribution in [2.24, 2.45) is 0 Å². The van der Waals surface area contributed by atoms with E-state index in [-0.39, 0.29) is 18.0 Å². The van der Waals surface area contributed by atoms with Gasteiger partial charge in [0.1, 0.15) is 6.04 Å². The summed E-state index contributed by atoms with van der Waals surface area (Å²) in [6, 6.07) is 15.5. The molecule has 2 atom stereocenters. The minimum atomic E-state index is -0.262. The van der Waals surface area contributed by atoms with Crippen molar-refractivity contribution in [3.63, 3.8) is 0 Å². The van der Waals surface area contributed by atoms with Gasteiger partial charge in [-0.3, -0.25) is 4.79 Å². The lowest BCUT2D eigenvalue weighted by Gasteiger charge is -2.11. The number of benzene rings is 2. The molecule has 1 amide bonds. The van der Waals surface area contributed by atoms with E-state index in [1.807, 2.05) is 48.5 Å². The van der Waals surface area contributed by atoms with E-state index >= 15 is 0 Å². The number of anilines is 1. The number of carbonyl (C=O) groups excluding carboxylic acids is 1. The molecule has 0 saturated carbocycles. The van der Waals surface area contributed by atoms with E-state index in [4.69, 9.17) is 11.6 Å². The average molecular weight is 330 g/mol. The van der Waals surface area contributed by atoms with Gasteiger partial charge in [0.2, 0.25) is 5.91 Å². The third-order valence-corrected chi connectivity index (χ3v) is 4.37. The molecule has 0 aromatic heterocycles. The normalized spacial score (nSPS) is 20.4. The zero-order chi connectivity index (χ0) is 16.2. The molecule has 0 radical (unpaired) electrons. The van der Waals surface area contributed by atoms with E-state index in [0.717, 1.165) is 17.7 Å². The Morgan fingerprint density at radius 1 is 1.13 bits per heavy atom. The zero-order valence-electron chi connectivity index (χ0n) is 13.0. The van der Waals surface area contributed by atoms with Crippen molar-refractivity contribution >= 4 is 23.2 Å². The predicted octanol–water partition coefficient (Wildman–Crippen LogP) is 3.45. The highest BCUT2D eigenvalue weighted by molar-refractivity contribution is 6.30. The SMILES string of the molecule is CCc1ccc(NC(=O)C2CC(c3ccc(Cl)cc3)NN2)cc1. The van der Waals surface area contributed by atoms with Crippen LogP contribution in [0, 0.1) is 0 Å². The van der Waals surface area contributed by atoms with Crippen molar-refractivity contribution in [3.05, 3.63) is 64.7 Å². The summed E-state index contributed by atoms with van der Waals surface area (Å²) in [5.41, 5.74) is 9.44. The summed E-state index contributed by atoms with van der Waals surface area (Å²) in [5, 5.41) is 3.67. The molecule has 2 unspecified atom stereocenters. The fraction of sp³-hybridized carbons (Fsp3) is 0.278. The number of carbonyl (C=O) groups is 1. The van der Waals surface area contributed by atoms with E-state index in [0.29, 0.717) is 11.4 Å². The molecular weight excluding hydrogens is 310 g/mol. The molecule has 4 nitrogen and oxygen atoms in total. The van der Waals surface area contributed by atoms with Gasteiger partial charge in [0.25, 0.3) is 0 Å². The number of halogens is 1. The summed E-state index contributed by atoms with van der Waals surface area (Å²) in [5.74, 6) is -0.0294. The molecular formula is C18H20ClN3O. The van der Waals surface area contributed by atoms with Crippen LogP contribution in [0.25, 0.3) is 0 Å². The molecule has 1 heterocycles. The maximum absolute atomic E-state index is 12.4. The Labute approximate surface area is 141 Å². The predicted molar refractivity (Wildman–Crippen MR) is 93.3 cm³/mol. The molecule has 1 fully saturated rings. The molecule has 1 aliphatic rings. The molecule has 5 heteroatoms. The van der Waals surface area contributed by atoms with Gasteiger partial charge >= 0.3 is 0 Å². The van der Waals surface area contributed by atoms with Gasteiger partial charge in [-0.15, -0.1) is 0 Å². The van der Waals surface area contributed by atoms with Crippen LogP contribution in [0.1, 0.15) is 30.5 Å². The lowest BCUT2D eigenvalue weighted by molar-refractivity contribution is -0.117. The Morgan fingerprint density at radius 3 is 2.48 bits per heavy atom. The Kier molecular flexibility index (Phi) is 4.96. The zero-order valence-corrected chi connectivity index (χ0v) is 13.7. The molecule has 3 N–H and O–H groups in total. The van der Waals surface area contributed by atoms with Crippen LogP contribution in [0.5, 0.6) is 0 Å². The highest BCUT2D eigenvalue weighted by atomic mass is 35.5. The van der Waals surface area contributed by atoms with Crippen LogP contribution >= 0.6 is 11.6 Å². The maximum atomic E-state index is 12.4. The molecule has 2 aromatic rings. The third-order valence-electron chi connectivity index (χ3n) is 4.12. The number of nitrogens with one attached hydrogen (secondary N) is 3. The van der Waals surface area contributed by atoms with Crippen molar-refractivity contribution in [1.82, 2.24) is 10.9 Å². The Morgan fingerprint density at radius 2 is 1.83 bits per heavy atom. The third kappa shape index (κ3) is 3.91. The lowest BCUT2D eigenvalue weighted by Crippen LogP contribution is -2.39. The van der Waals surface area contributed by atoms with Gasteiger partial charge in [0.15, 0.2) is 0 Å². The van der Waals surface area contributed by atoms with Gasteiger partial charge in [-0.2, -0.15) is 0 Å². The average Bonchev–Trinajstić information content (AvgIpc) is 3.06. The van der Waals surface area contributed by atoms with Crippen LogP contribution < -0.4 is 16.2 Å². The van der Waals surface area contributed by atoms with Crippen molar-refractivity contribution in [1.29, 1.82) is 0 Å². The largest absolute Gasteiger partial charge is 0.325 e. The van der Waals surface area contributed by atoms with Crippen molar-refractivity contribution < 1.29 is 4.79 Å². The number of hydrogen-bond acceptors (Lipinski definition) is 3.